The smallest absolute Gasteiger partial charge is 0.416 e. The Bertz CT molecular complexity index is 501. The number of ether oxygens (including phenoxy) is 1. The van der Waals surface area contributed by atoms with E-state index in [4.69, 9.17) is 10.5 Å². The molecule has 0 fully saturated rings. The Labute approximate surface area is 119 Å². The van der Waals surface area contributed by atoms with Crippen molar-refractivity contribution in [2.45, 2.75) is 24.8 Å². The molecule has 0 unspecified atom stereocenters. The van der Waals surface area contributed by atoms with Crippen LogP contribution in [0.2, 0.25) is 0 Å². The molecule has 0 aliphatic heterocycles. The Morgan fingerprint density at radius 3 is 2.40 bits per heavy atom. The van der Waals surface area contributed by atoms with Gasteiger partial charge in [-0.2, -0.15) is 24.9 Å². The van der Waals surface area contributed by atoms with Crippen LogP contribution in [0, 0.1) is 0 Å². The number of carbonyl (C=O) groups is 1. The molecule has 0 bridgehead atoms. The lowest BCUT2D eigenvalue weighted by Crippen LogP contribution is -2.25. The van der Waals surface area contributed by atoms with Gasteiger partial charge in [-0.25, -0.2) is 0 Å². The molecule has 1 amide bonds. The topological polar surface area (TPSA) is 52.3 Å². The lowest BCUT2D eigenvalue weighted by Gasteiger charge is -2.23. The van der Waals surface area contributed by atoms with Gasteiger partial charge >= 0.3 is 6.18 Å². The van der Waals surface area contributed by atoms with E-state index in [1.54, 1.807) is 11.8 Å². The molecule has 1 aromatic rings. The predicted molar refractivity (Wildman–Crippen MR) is 73.1 cm³/mol. The molecule has 7 heteroatoms. The van der Waals surface area contributed by atoms with Crippen molar-refractivity contribution in [2.24, 2.45) is 5.73 Å². The number of primary amides is 1. The zero-order valence-corrected chi connectivity index (χ0v) is 12.2. The summed E-state index contributed by atoms with van der Waals surface area (Å²) in [5, 5.41) is 0. The molecule has 2 N–H and O–H groups in total. The van der Waals surface area contributed by atoms with Crippen LogP contribution < -0.4 is 10.5 Å². The van der Waals surface area contributed by atoms with Gasteiger partial charge in [0.1, 0.15) is 12.4 Å². The predicted octanol–water partition coefficient (Wildman–Crippen LogP) is 3.32. The standard InChI is InChI=1S/C13H16F3NO2S/c1-12(2,20-3)7-19-10-5-4-8(13(14,15)16)6-9(10)11(17)18/h4-6H,7H2,1-3H3,(H2,17,18). The Morgan fingerprint density at radius 1 is 1.35 bits per heavy atom. The molecule has 0 aliphatic rings. The van der Waals surface area contributed by atoms with Crippen molar-refractivity contribution in [2.75, 3.05) is 12.9 Å². The van der Waals surface area contributed by atoms with Crippen molar-refractivity contribution in [3.63, 3.8) is 0 Å². The van der Waals surface area contributed by atoms with Gasteiger partial charge in [0.25, 0.3) is 5.91 Å². The highest BCUT2D eigenvalue weighted by molar-refractivity contribution is 7.99. The van der Waals surface area contributed by atoms with Crippen molar-refractivity contribution in [1.82, 2.24) is 0 Å². The number of thioether (sulfide) groups is 1. The summed E-state index contributed by atoms with van der Waals surface area (Å²) in [5.41, 5.74) is 3.91. The second-order valence-electron chi connectivity index (χ2n) is 4.83. The third kappa shape index (κ3) is 4.33. The molecule has 0 spiro atoms. The summed E-state index contributed by atoms with van der Waals surface area (Å²) in [4.78, 5) is 11.3. The van der Waals surface area contributed by atoms with Crippen LogP contribution in [0.15, 0.2) is 18.2 Å². The van der Waals surface area contributed by atoms with Gasteiger partial charge in [-0.15, -0.1) is 0 Å². The average molecular weight is 307 g/mol. The summed E-state index contributed by atoms with van der Waals surface area (Å²) in [6.45, 7) is 4.09. The number of alkyl halides is 3. The number of nitrogens with two attached hydrogens (primary N) is 1. The maximum absolute atomic E-state index is 12.6. The van der Waals surface area contributed by atoms with Crippen molar-refractivity contribution in [3.8, 4) is 5.75 Å². The SMILES string of the molecule is CSC(C)(C)COc1ccc(C(F)(F)F)cc1C(N)=O. The Hall–Kier alpha value is -1.37. The fourth-order valence-corrected chi connectivity index (χ4v) is 1.51. The zero-order chi connectivity index (χ0) is 15.6. The summed E-state index contributed by atoms with van der Waals surface area (Å²) < 4.78 is 43.0. The van der Waals surface area contributed by atoms with Crippen LogP contribution >= 0.6 is 11.8 Å². The first-order valence-corrected chi connectivity index (χ1v) is 6.98. The summed E-state index contributed by atoms with van der Waals surface area (Å²) in [7, 11) is 0. The lowest BCUT2D eigenvalue weighted by molar-refractivity contribution is -0.137. The first-order chi connectivity index (χ1) is 9.07. The molecule has 0 heterocycles. The van der Waals surface area contributed by atoms with E-state index in [9.17, 15) is 18.0 Å². The Kier molecular flexibility index (Phi) is 4.96. The van der Waals surface area contributed by atoms with Crippen molar-refractivity contribution in [1.29, 1.82) is 0 Å². The molecule has 0 radical (unpaired) electrons. The number of amides is 1. The number of hydrogen-bond acceptors (Lipinski definition) is 3. The average Bonchev–Trinajstić information content (AvgIpc) is 2.35. The van der Waals surface area contributed by atoms with E-state index >= 15 is 0 Å². The fraction of sp³-hybridized carbons (Fsp3) is 0.462. The third-order valence-corrected chi connectivity index (χ3v) is 3.92. The maximum atomic E-state index is 12.6. The highest BCUT2D eigenvalue weighted by atomic mass is 32.2. The van der Waals surface area contributed by atoms with Gasteiger partial charge < -0.3 is 10.5 Å². The van der Waals surface area contributed by atoms with Crippen LogP contribution in [0.3, 0.4) is 0 Å². The van der Waals surface area contributed by atoms with Gasteiger partial charge in [0.2, 0.25) is 0 Å². The largest absolute Gasteiger partial charge is 0.491 e. The number of hydrogen-bond donors (Lipinski definition) is 1. The second kappa shape index (κ2) is 5.95. The summed E-state index contributed by atoms with van der Waals surface area (Å²) in [6, 6.07) is 2.71. The molecule has 1 rings (SSSR count). The van der Waals surface area contributed by atoms with E-state index in [0.29, 0.717) is 6.07 Å². The summed E-state index contributed by atoms with van der Waals surface area (Å²) in [6.07, 6.45) is -2.63. The third-order valence-electron chi connectivity index (χ3n) is 2.70. The number of benzene rings is 1. The van der Waals surface area contributed by atoms with Crippen molar-refractivity contribution in [3.05, 3.63) is 29.3 Å². The molecule has 20 heavy (non-hydrogen) atoms. The lowest BCUT2D eigenvalue weighted by atomic mass is 10.1. The minimum absolute atomic E-state index is 0.0626. The maximum Gasteiger partial charge on any atom is 0.416 e. The van der Waals surface area contributed by atoms with Gasteiger partial charge in [-0.1, -0.05) is 0 Å². The molecule has 1 aromatic carbocycles. The van der Waals surface area contributed by atoms with E-state index in [0.717, 1.165) is 12.1 Å². The van der Waals surface area contributed by atoms with Crippen LogP contribution in [-0.2, 0) is 6.18 Å². The van der Waals surface area contributed by atoms with Gasteiger partial charge in [0.05, 0.1) is 11.1 Å². The highest BCUT2D eigenvalue weighted by Gasteiger charge is 2.32. The molecule has 112 valence electrons. The van der Waals surface area contributed by atoms with Gasteiger partial charge in [-0.05, 0) is 38.3 Å². The van der Waals surface area contributed by atoms with Crippen molar-refractivity contribution >= 4 is 17.7 Å². The number of halogens is 3. The number of rotatable bonds is 5. The molecular weight excluding hydrogens is 291 g/mol. The minimum atomic E-state index is -4.53. The van der Waals surface area contributed by atoms with Crippen LogP contribution in [0.25, 0.3) is 0 Å². The van der Waals surface area contributed by atoms with E-state index in [-0.39, 0.29) is 22.7 Å². The van der Waals surface area contributed by atoms with E-state index in [2.05, 4.69) is 0 Å². The molecule has 0 aromatic heterocycles. The first kappa shape index (κ1) is 16.7. The molecule has 0 saturated carbocycles. The molecule has 0 atom stereocenters. The Balaban J connectivity index is 3.06. The molecule has 3 nitrogen and oxygen atoms in total. The number of carbonyl (C=O) groups excluding carboxylic acids is 1. The first-order valence-electron chi connectivity index (χ1n) is 5.76. The van der Waals surface area contributed by atoms with E-state index in [1.807, 2.05) is 20.1 Å². The van der Waals surface area contributed by atoms with Gasteiger partial charge in [-0.3, -0.25) is 4.79 Å². The summed E-state index contributed by atoms with van der Waals surface area (Å²) >= 11 is 1.55. The van der Waals surface area contributed by atoms with E-state index in [1.165, 1.54) is 0 Å². The monoisotopic (exact) mass is 307 g/mol. The van der Waals surface area contributed by atoms with Crippen LogP contribution in [0.4, 0.5) is 13.2 Å². The quantitative estimate of drug-likeness (QED) is 0.908. The van der Waals surface area contributed by atoms with Gasteiger partial charge in [0.15, 0.2) is 0 Å². The van der Waals surface area contributed by atoms with Crippen molar-refractivity contribution < 1.29 is 22.7 Å². The summed E-state index contributed by atoms with van der Waals surface area (Å²) in [5.74, 6) is -0.888. The van der Waals surface area contributed by atoms with E-state index < -0.39 is 17.6 Å². The molecule has 0 saturated heterocycles. The molecular formula is C13H16F3NO2S. The van der Waals surface area contributed by atoms with Crippen LogP contribution in [0.5, 0.6) is 5.75 Å². The highest BCUT2D eigenvalue weighted by Crippen LogP contribution is 2.33. The van der Waals surface area contributed by atoms with Crippen LogP contribution in [0.1, 0.15) is 29.8 Å². The zero-order valence-electron chi connectivity index (χ0n) is 11.4. The van der Waals surface area contributed by atoms with Gasteiger partial charge in [0, 0.05) is 4.75 Å². The normalized spacial score (nSPS) is 12.3. The van der Waals surface area contributed by atoms with Crippen LogP contribution in [-0.4, -0.2) is 23.5 Å². The molecule has 0 aliphatic carbocycles. The Morgan fingerprint density at radius 2 is 1.95 bits per heavy atom. The minimum Gasteiger partial charge on any atom is -0.491 e. The fourth-order valence-electron chi connectivity index (χ4n) is 1.34. The second-order valence-corrected chi connectivity index (χ2v) is 6.34.